The van der Waals surface area contributed by atoms with Gasteiger partial charge in [0.1, 0.15) is 12.6 Å². The van der Waals surface area contributed by atoms with Crippen LogP contribution in [0.15, 0.2) is 71.6 Å². The normalized spacial score (nSPS) is 12.1. The van der Waals surface area contributed by atoms with Crippen LogP contribution in [0.5, 0.6) is 0 Å². The molecule has 0 fully saturated rings. The van der Waals surface area contributed by atoms with Crippen LogP contribution < -0.4 is 9.62 Å². The van der Waals surface area contributed by atoms with Gasteiger partial charge in [-0.3, -0.25) is 13.9 Å². The van der Waals surface area contributed by atoms with E-state index in [0.717, 1.165) is 26.6 Å². The van der Waals surface area contributed by atoms with Gasteiger partial charge in [0.2, 0.25) is 11.8 Å². The molecule has 0 saturated heterocycles. The van der Waals surface area contributed by atoms with Crippen LogP contribution in [0, 0.1) is 20.8 Å². The van der Waals surface area contributed by atoms with Gasteiger partial charge in [-0.2, -0.15) is 0 Å². The van der Waals surface area contributed by atoms with E-state index >= 15 is 0 Å². The molecule has 0 saturated carbocycles. The topological polar surface area (TPSA) is 86.8 Å². The fraction of sp³-hybridized carbons (Fsp3) is 0.333. The number of benzene rings is 3. The number of hydrogen-bond donors (Lipinski definition) is 1. The molecule has 9 heteroatoms. The van der Waals surface area contributed by atoms with Crippen LogP contribution in [0.25, 0.3) is 0 Å². The zero-order valence-corrected chi connectivity index (χ0v) is 24.6. The van der Waals surface area contributed by atoms with Gasteiger partial charge in [0.15, 0.2) is 0 Å². The minimum Gasteiger partial charge on any atom is -0.355 e. The number of hydrogen-bond acceptors (Lipinski definition) is 4. The summed E-state index contributed by atoms with van der Waals surface area (Å²) in [5.41, 5.74) is 3.98. The molecule has 208 valence electrons. The van der Waals surface area contributed by atoms with E-state index in [1.165, 1.54) is 17.0 Å². The smallest absolute Gasteiger partial charge is 0.264 e. The van der Waals surface area contributed by atoms with Crippen LogP contribution in [-0.4, -0.2) is 44.3 Å². The Kier molecular flexibility index (Phi) is 10.2. The second-order valence-electron chi connectivity index (χ2n) is 9.56. The van der Waals surface area contributed by atoms with Gasteiger partial charge in [0.25, 0.3) is 10.0 Å². The van der Waals surface area contributed by atoms with Crippen LogP contribution in [0.4, 0.5) is 5.69 Å². The summed E-state index contributed by atoms with van der Waals surface area (Å²) in [4.78, 5) is 28.5. The minimum absolute atomic E-state index is 0.0825. The molecule has 0 aromatic heterocycles. The van der Waals surface area contributed by atoms with E-state index in [1.807, 2.05) is 40.7 Å². The zero-order valence-electron chi connectivity index (χ0n) is 23.1. The highest BCUT2D eigenvalue weighted by Gasteiger charge is 2.33. The number of nitrogens with zero attached hydrogens (tertiary/aromatic N) is 2. The van der Waals surface area contributed by atoms with Gasteiger partial charge in [0.05, 0.1) is 10.6 Å². The van der Waals surface area contributed by atoms with Crippen LogP contribution in [0.1, 0.15) is 42.5 Å². The van der Waals surface area contributed by atoms with Gasteiger partial charge >= 0.3 is 0 Å². The third-order valence-electron chi connectivity index (χ3n) is 6.67. The number of anilines is 1. The average molecular weight is 570 g/mol. The third kappa shape index (κ3) is 7.40. The second kappa shape index (κ2) is 13.1. The van der Waals surface area contributed by atoms with Crippen molar-refractivity contribution in [2.45, 2.75) is 58.5 Å². The van der Waals surface area contributed by atoms with Gasteiger partial charge in [-0.05, 0) is 87.2 Å². The van der Waals surface area contributed by atoms with E-state index in [9.17, 15) is 18.0 Å². The van der Waals surface area contributed by atoms with E-state index in [-0.39, 0.29) is 17.3 Å². The Labute approximate surface area is 236 Å². The Bertz CT molecular complexity index is 1410. The van der Waals surface area contributed by atoms with Crippen molar-refractivity contribution in [2.75, 3.05) is 17.4 Å². The Morgan fingerprint density at radius 3 is 2.10 bits per heavy atom. The minimum atomic E-state index is -4.10. The van der Waals surface area contributed by atoms with Gasteiger partial charge in [-0.25, -0.2) is 8.42 Å². The van der Waals surface area contributed by atoms with E-state index in [0.29, 0.717) is 23.7 Å². The summed E-state index contributed by atoms with van der Waals surface area (Å²) in [6.45, 7) is 9.41. The van der Waals surface area contributed by atoms with E-state index in [1.54, 1.807) is 48.5 Å². The lowest BCUT2D eigenvalue weighted by Crippen LogP contribution is -2.52. The standard InChI is InChI=1S/C30H36ClN3O4S/c1-6-28(30(36)32-7-2)33(19-24-11-13-25(31)14-12-24)29(35)20-34(26-15-10-22(4)23(5)18-26)39(37,38)27-16-8-21(3)9-17-27/h8-18,28H,6-7,19-20H2,1-5H3,(H,32,36). The molecule has 3 aromatic rings. The number of carbonyl (C=O) groups excluding carboxylic acids is 2. The maximum Gasteiger partial charge on any atom is 0.264 e. The molecule has 3 aromatic carbocycles. The molecular weight excluding hydrogens is 534 g/mol. The van der Waals surface area contributed by atoms with Crippen LogP contribution >= 0.6 is 11.6 Å². The molecule has 1 N–H and O–H groups in total. The maximum atomic E-state index is 14.0. The number of aryl methyl sites for hydroxylation is 3. The summed E-state index contributed by atoms with van der Waals surface area (Å²) in [5, 5.41) is 3.35. The van der Waals surface area contributed by atoms with Crippen molar-refractivity contribution in [3.63, 3.8) is 0 Å². The Morgan fingerprint density at radius 1 is 0.897 bits per heavy atom. The summed E-state index contributed by atoms with van der Waals surface area (Å²) in [6, 6.07) is 18.1. The molecule has 3 rings (SSSR count). The fourth-order valence-electron chi connectivity index (χ4n) is 4.24. The van der Waals surface area contributed by atoms with Crippen molar-refractivity contribution in [2.24, 2.45) is 0 Å². The van der Waals surface area contributed by atoms with Crippen LogP contribution in [0.3, 0.4) is 0 Å². The van der Waals surface area contributed by atoms with E-state index in [2.05, 4.69) is 5.32 Å². The maximum absolute atomic E-state index is 14.0. The number of rotatable bonds is 11. The Morgan fingerprint density at radius 2 is 1.54 bits per heavy atom. The summed E-state index contributed by atoms with van der Waals surface area (Å²) < 4.78 is 29.0. The molecule has 1 atom stereocenters. The van der Waals surface area contributed by atoms with Crippen molar-refractivity contribution in [3.05, 3.63) is 94.0 Å². The SMILES string of the molecule is CCNC(=O)C(CC)N(Cc1ccc(Cl)cc1)C(=O)CN(c1ccc(C)c(C)c1)S(=O)(=O)c1ccc(C)cc1. The third-order valence-corrected chi connectivity index (χ3v) is 8.71. The summed E-state index contributed by atoms with van der Waals surface area (Å²) in [5.74, 6) is -0.779. The quantitative estimate of drug-likeness (QED) is 0.335. The predicted molar refractivity (Wildman–Crippen MR) is 156 cm³/mol. The second-order valence-corrected chi connectivity index (χ2v) is 11.9. The first kappa shape index (κ1) is 30.2. The molecule has 0 aliphatic heterocycles. The molecule has 0 aliphatic rings. The molecule has 0 radical (unpaired) electrons. The van der Waals surface area contributed by atoms with Crippen molar-refractivity contribution < 1.29 is 18.0 Å². The van der Waals surface area contributed by atoms with Crippen LogP contribution in [-0.2, 0) is 26.2 Å². The van der Waals surface area contributed by atoms with Crippen molar-refractivity contribution in [1.82, 2.24) is 10.2 Å². The van der Waals surface area contributed by atoms with E-state index in [4.69, 9.17) is 11.6 Å². The van der Waals surface area contributed by atoms with Crippen molar-refractivity contribution in [3.8, 4) is 0 Å². The number of likely N-dealkylation sites (N-methyl/N-ethyl adjacent to an activating group) is 1. The summed E-state index contributed by atoms with van der Waals surface area (Å²) in [6.07, 6.45) is 0.361. The molecule has 39 heavy (non-hydrogen) atoms. The first-order valence-corrected chi connectivity index (χ1v) is 14.8. The van der Waals surface area contributed by atoms with Crippen molar-refractivity contribution >= 4 is 39.1 Å². The lowest BCUT2D eigenvalue weighted by molar-refractivity contribution is -0.140. The summed E-state index contributed by atoms with van der Waals surface area (Å²) >= 11 is 6.05. The van der Waals surface area contributed by atoms with Gasteiger partial charge in [0, 0.05) is 18.1 Å². The first-order valence-electron chi connectivity index (χ1n) is 13.0. The van der Waals surface area contributed by atoms with Gasteiger partial charge in [-0.15, -0.1) is 0 Å². The Hall–Kier alpha value is -3.36. The largest absolute Gasteiger partial charge is 0.355 e. The number of sulfonamides is 1. The van der Waals surface area contributed by atoms with Crippen molar-refractivity contribution in [1.29, 1.82) is 0 Å². The number of halogens is 1. The molecule has 0 aliphatic carbocycles. The highest BCUT2D eigenvalue weighted by molar-refractivity contribution is 7.92. The molecule has 0 heterocycles. The summed E-state index contributed by atoms with van der Waals surface area (Å²) in [7, 11) is -4.10. The van der Waals surface area contributed by atoms with Gasteiger partial charge < -0.3 is 10.2 Å². The Balaban J connectivity index is 2.08. The molecular formula is C30H36ClN3O4S. The van der Waals surface area contributed by atoms with Gasteiger partial charge in [-0.1, -0.05) is 54.4 Å². The zero-order chi connectivity index (χ0) is 28.7. The molecule has 1 unspecified atom stereocenters. The highest BCUT2D eigenvalue weighted by atomic mass is 35.5. The lowest BCUT2D eigenvalue weighted by atomic mass is 10.1. The van der Waals surface area contributed by atoms with E-state index < -0.39 is 28.5 Å². The molecule has 0 spiro atoms. The fourth-order valence-corrected chi connectivity index (χ4v) is 5.78. The molecule has 7 nitrogen and oxygen atoms in total. The van der Waals surface area contributed by atoms with Crippen LogP contribution in [0.2, 0.25) is 5.02 Å². The number of carbonyl (C=O) groups is 2. The number of nitrogens with one attached hydrogen (secondary N) is 1. The first-order chi connectivity index (χ1) is 18.5. The highest BCUT2D eigenvalue weighted by Crippen LogP contribution is 2.27. The monoisotopic (exact) mass is 569 g/mol. The number of amides is 2. The predicted octanol–water partition coefficient (Wildman–Crippen LogP) is 5.40. The average Bonchev–Trinajstić information content (AvgIpc) is 2.90. The lowest BCUT2D eigenvalue weighted by Gasteiger charge is -2.33. The molecule has 0 bridgehead atoms. The molecule has 2 amide bonds.